The maximum Gasteiger partial charge on any atom is 0.210 e. The number of aromatic amines is 1. The predicted octanol–water partition coefficient (Wildman–Crippen LogP) is 5.84. The Morgan fingerprint density at radius 1 is 0.857 bits per heavy atom. The van der Waals surface area contributed by atoms with E-state index in [1.165, 1.54) is 6.08 Å². The molecule has 4 rings (SSSR count). The Labute approximate surface area is 172 Å². The average molecular weight is 429 g/mol. The molecule has 0 fully saturated rings. The number of halogens is 2. The number of para-hydroxylation sites is 2. The van der Waals surface area contributed by atoms with Crippen LogP contribution in [0.2, 0.25) is 10.0 Å². The van der Waals surface area contributed by atoms with E-state index in [9.17, 15) is 8.42 Å². The van der Waals surface area contributed by atoms with Gasteiger partial charge in [-0.05, 0) is 42.5 Å². The quantitative estimate of drug-likeness (QED) is 0.443. The minimum absolute atomic E-state index is 0.00935. The molecular formula is C21H14Cl2N2O2S. The summed E-state index contributed by atoms with van der Waals surface area (Å²) in [6.07, 6.45) is 1.46. The zero-order chi connectivity index (χ0) is 19.7. The van der Waals surface area contributed by atoms with Gasteiger partial charge >= 0.3 is 0 Å². The van der Waals surface area contributed by atoms with E-state index in [-0.39, 0.29) is 15.6 Å². The molecule has 140 valence electrons. The normalized spacial score (nSPS) is 12.4. The summed E-state index contributed by atoms with van der Waals surface area (Å²) in [4.78, 5) is 7.71. The number of sulfone groups is 1. The standard InChI is InChI=1S/C21H14Cl2N2O2S/c22-16-9-6-10-17(23)15(16)13-20(28(26,27)14-7-2-1-3-8-14)21-24-18-11-4-5-12-19(18)25-21/h1-13H,(H,24,25)/b20-13+. The van der Waals surface area contributed by atoms with Crippen molar-refractivity contribution in [1.29, 1.82) is 0 Å². The minimum atomic E-state index is -3.88. The van der Waals surface area contributed by atoms with Gasteiger partial charge in [-0.3, -0.25) is 0 Å². The molecule has 1 aromatic heterocycles. The van der Waals surface area contributed by atoms with E-state index in [0.717, 1.165) is 5.52 Å². The zero-order valence-electron chi connectivity index (χ0n) is 14.4. The molecule has 0 bridgehead atoms. The second-order valence-corrected chi connectivity index (χ2v) is 8.80. The topological polar surface area (TPSA) is 62.8 Å². The Kier molecular flexibility index (Phi) is 4.98. The summed E-state index contributed by atoms with van der Waals surface area (Å²) in [5.74, 6) is 0.223. The van der Waals surface area contributed by atoms with Crippen LogP contribution in [-0.2, 0) is 9.84 Å². The fourth-order valence-corrected chi connectivity index (χ4v) is 4.75. The van der Waals surface area contributed by atoms with E-state index >= 15 is 0 Å². The first-order valence-corrected chi connectivity index (χ1v) is 10.6. The third-order valence-corrected chi connectivity index (χ3v) is 6.68. The summed E-state index contributed by atoms with van der Waals surface area (Å²) >= 11 is 12.6. The molecule has 7 heteroatoms. The van der Waals surface area contributed by atoms with Crippen LogP contribution in [0.4, 0.5) is 0 Å². The second kappa shape index (κ2) is 7.43. The lowest BCUT2D eigenvalue weighted by molar-refractivity contribution is 0.606. The maximum atomic E-state index is 13.4. The van der Waals surface area contributed by atoms with Crippen molar-refractivity contribution >= 4 is 55.1 Å². The van der Waals surface area contributed by atoms with Gasteiger partial charge in [0, 0.05) is 15.6 Å². The van der Waals surface area contributed by atoms with Gasteiger partial charge < -0.3 is 4.98 Å². The smallest absolute Gasteiger partial charge is 0.210 e. The van der Waals surface area contributed by atoms with Gasteiger partial charge in [0.05, 0.1) is 15.9 Å². The van der Waals surface area contributed by atoms with E-state index in [0.29, 0.717) is 21.1 Å². The number of hydrogen-bond acceptors (Lipinski definition) is 3. The summed E-state index contributed by atoms with van der Waals surface area (Å²) in [7, 11) is -3.88. The minimum Gasteiger partial charge on any atom is -0.337 e. The Bertz CT molecular complexity index is 1240. The molecule has 0 radical (unpaired) electrons. The molecule has 28 heavy (non-hydrogen) atoms. The number of hydrogen-bond donors (Lipinski definition) is 1. The van der Waals surface area contributed by atoms with E-state index in [1.807, 2.05) is 24.3 Å². The Morgan fingerprint density at radius 2 is 1.50 bits per heavy atom. The molecule has 0 unspecified atom stereocenters. The molecule has 1 N–H and O–H groups in total. The molecule has 0 saturated heterocycles. The molecule has 0 amide bonds. The number of rotatable bonds is 4. The highest BCUT2D eigenvalue weighted by Crippen LogP contribution is 2.34. The number of H-pyrrole nitrogens is 1. The molecule has 0 atom stereocenters. The van der Waals surface area contributed by atoms with Gasteiger partial charge in [-0.25, -0.2) is 13.4 Å². The van der Waals surface area contributed by atoms with Gasteiger partial charge in [0.15, 0.2) is 0 Å². The van der Waals surface area contributed by atoms with Crippen LogP contribution in [-0.4, -0.2) is 18.4 Å². The van der Waals surface area contributed by atoms with Gasteiger partial charge in [0.1, 0.15) is 10.7 Å². The van der Waals surface area contributed by atoms with Crippen molar-refractivity contribution in [1.82, 2.24) is 9.97 Å². The van der Waals surface area contributed by atoms with Crippen LogP contribution >= 0.6 is 23.2 Å². The molecule has 4 aromatic rings. The summed E-state index contributed by atoms with van der Waals surface area (Å²) in [5.41, 5.74) is 1.81. The van der Waals surface area contributed by atoms with Crippen LogP contribution in [0.5, 0.6) is 0 Å². The SMILES string of the molecule is O=S(=O)(/C(=C/c1c(Cl)cccc1Cl)c1nc2ccccc2[nH]1)c1ccccc1. The molecule has 0 aliphatic rings. The van der Waals surface area contributed by atoms with Gasteiger partial charge in [-0.2, -0.15) is 0 Å². The number of imidazole rings is 1. The van der Waals surface area contributed by atoms with Crippen molar-refractivity contribution in [2.75, 3.05) is 0 Å². The number of benzene rings is 3. The maximum absolute atomic E-state index is 13.4. The van der Waals surface area contributed by atoms with Gasteiger partial charge in [-0.15, -0.1) is 0 Å². The van der Waals surface area contributed by atoms with Gasteiger partial charge in [0.2, 0.25) is 9.84 Å². The molecule has 3 aromatic carbocycles. The summed E-state index contributed by atoms with van der Waals surface area (Å²) in [6.45, 7) is 0. The van der Waals surface area contributed by atoms with Gasteiger partial charge in [0.25, 0.3) is 0 Å². The highest BCUT2D eigenvalue weighted by atomic mass is 35.5. The van der Waals surface area contributed by atoms with Crippen LogP contribution in [0, 0.1) is 0 Å². The molecule has 0 aliphatic heterocycles. The van der Waals surface area contributed by atoms with Crippen LogP contribution in [0.15, 0.2) is 77.7 Å². The van der Waals surface area contributed by atoms with E-state index in [2.05, 4.69) is 9.97 Å². The summed E-state index contributed by atoms with van der Waals surface area (Å²) in [5, 5.41) is 0.703. The van der Waals surface area contributed by atoms with Crippen molar-refractivity contribution in [3.8, 4) is 0 Å². The third kappa shape index (κ3) is 3.44. The highest BCUT2D eigenvalue weighted by Gasteiger charge is 2.26. The number of fused-ring (bicyclic) bond motifs is 1. The fraction of sp³-hybridized carbons (Fsp3) is 0. The van der Waals surface area contributed by atoms with Crippen molar-refractivity contribution in [2.45, 2.75) is 4.90 Å². The Balaban J connectivity index is 2.00. The Hall–Kier alpha value is -2.60. The van der Waals surface area contributed by atoms with Crippen LogP contribution in [0.1, 0.15) is 11.4 Å². The van der Waals surface area contributed by atoms with Crippen molar-refractivity contribution in [2.24, 2.45) is 0 Å². The average Bonchev–Trinajstić information content (AvgIpc) is 3.12. The molecule has 1 heterocycles. The first-order valence-electron chi connectivity index (χ1n) is 8.38. The van der Waals surface area contributed by atoms with E-state index in [4.69, 9.17) is 23.2 Å². The molecule has 0 aliphatic carbocycles. The lowest BCUT2D eigenvalue weighted by Gasteiger charge is -2.09. The van der Waals surface area contributed by atoms with Crippen LogP contribution < -0.4 is 0 Å². The lowest BCUT2D eigenvalue weighted by atomic mass is 10.2. The number of aromatic nitrogens is 2. The fourth-order valence-electron chi connectivity index (χ4n) is 2.85. The molecule has 0 spiro atoms. The number of nitrogens with zero attached hydrogens (tertiary/aromatic N) is 1. The highest BCUT2D eigenvalue weighted by molar-refractivity contribution is 8.00. The molecule has 4 nitrogen and oxygen atoms in total. The summed E-state index contributed by atoms with van der Waals surface area (Å²) in [6, 6.07) is 20.5. The molecule has 0 saturated carbocycles. The Morgan fingerprint density at radius 3 is 2.18 bits per heavy atom. The van der Waals surface area contributed by atoms with Crippen molar-refractivity contribution in [3.05, 3.63) is 94.2 Å². The number of nitrogens with one attached hydrogen (secondary N) is 1. The van der Waals surface area contributed by atoms with E-state index in [1.54, 1.807) is 48.5 Å². The first-order chi connectivity index (χ1) is 13.5. The van der Waals surface area contributed by atoms with Crippen molar-refractivity contribution in [3.63, 3.8) is 0 Å². The lowest BCUT2D eigenvalue weighted by Crippen LogP contribution is -2.06. The second-order valence-electron chi connectivity index (χ2n) is 6.06. The van der Waals surface area contributed by atoms with Crippen LogP contribution in [0.3, 0.4) is 0 Å². The monoisotopic (exact) mass is 428 g/mol. The first kappa shape index (κ1) is 18.7. The largest absolute Gasteiger partial charge is 0.337 e. The summed E-state index contributed by atoms with van der Waals surface area (Å²) < 4.78 is 26.8. The van der Waals surface area contributed by atoms with Crippen LogP contribution in [0.25, 0.3) is 22.0 Å². The zero-order valence-corrected chi connectivity index (χ0v) is 16.8. The predicted molar refractivity (Wildman–Crippen MR) is 114 cm³/mol. The van der Waals surface area contributed by atoms with Gasteiger partial charge in [-0.1, -0.05) is 59.6 Å². The van der Waals surface area contributed by atoms with E-state index < -0.39 is 9.84 Å². The van der Waals surface area contributed by atoms with Crippen molar-refractivity contribution < 1.29 is 8.42 Å². The molecular weight excluding hydrogens is 415 g/mol. The third-order valence-electron chi connectivity index (χ3n) is 4.24.